The zero-order chi connectivity index (χ0) is 24.4. The summed E-state index contributed by atoms with van der Waals surface area (Å²) in [5.74, 6) is 2.82. The van der Waals surface area contributed by atoms with E-state index in [2.05, 4.69) is 60.6 Å². The number of rotatable bonds is 7. The maximum Gasteiger partial charge on any atom is 0.234 e. The lowest BCUT2D eigenvalue weighted by molar-refractivity contribution is -0.113. The van der Waals surface area contributed by atoms with Gasteiger partial charge in [-0.05, 0) is 35.2 Å². The van der Waals surface area contributed by atoms with Gasteiger partial charge in [0.05, 0.1) is 18.6 Å². The summed E-state index contributed by atoms with van der Waals surface area (Å²) in [6.07, 6.45) is 1.64. The molecule has 3 heterocycles. The Labute approximate surface area is 207 Å². The second-order valence-corrected chi connectivity index (χ2v) is 10.1. The number of thioether (sulfide) groups is 1. The third-order valence-electron chi connectivity index (χ3n) is 5.61. The van der Waals surface area contributed by atoms with Gasteiger partial charge in [0.2, 0.25) is 12.7 Å². The smallest absolute Gasteiger partial charge is 0.234 e. The van der Waals surface area contributed by atoms with Gasteiger partial charge in [-0.25, -0.2) is 0 Å². The number of hydrogen-bond acceptors (Lipinski definition) is 7. The van der Waals surface area contributed by atoms with Crippen LogP contribution in [0.25, 0.3) is 11.4 Å². The normalized spacial score (nSPS) is 12.7. The minimum atomic E-state index is -0.155. The molecular formula is C26H26N4O4S. The highest BCUT2D eigenvalue weighted by atomic mass is 32.2. The lowest BCUT2D eigenvalue weighted by atomic mass is 9.87. The fourth-order valence-corrected chi connectivity index (χ4v) is 4.47. The van der Waals surface area contributed by atoms with Crippen molar-refractivity contribution < 1.29 is 18.7 Å². The van der Waals surface area contributed by atoms with Crippen LogP contribution in [0, 0.1) is 0 Å². The van der Waals surface area contributed by atoms with Gasteiger partial charge in [0.15, 0.2) is 22.5 Å². The van der Waals surface area contributed by atoms with Gasteiger partial charge in [-0.15, -0.1) is 10.2 Å². The summed E-state index contributed by atoms with van der Waals surface area (Å²) in [4.78, 5) is 12.6. The van der Waals surface area contributed by atoms with Crippen molar-refractivity contribution in [3.63, 3.8) is 0 Å². The minimum Gasteiger partial charge on any atom is -0.467 e. The summed E-state index contributed by atoms with van der Waals surface area (Å²) < 4.78 is 18.2. The molecule has 0 bridgehead atoms. The fraction of sp³-hybridized carbons (Fsp3) is 0.269. The molecule has 0 radical (unpaired) electrons. The van der Waals surface area contributed by atoms with Gasteiger partial charge in [-0.3, -0.25) is 9.36 Å². The summed E-state index contributed by atoms with van der Waals surface area (Å²) in [6.45, 7) is 7.21. The Balaban J connectivity index is 1.33. The molecule has 0 fully saturated rings. The first kappa shape index (κ1) is 23.0. The molecule has 8 nitrogen and oxygen atoms in total. The number of carbonyl (C=O) groups excluding carboxylic acids is 1. The number of amides is 1. The van der Waals surface area contributed by atoms with E-state index in [4.69, 9.17) is 13.9 Å². The van der Waals surface area contributed by atoms with Crippen LogP contribution in [-0.4, -0.2) is 33.2 Å². The van der Waals surface area contributed by atoms with Gasteiger partial charge in [0.1, 0.15) is 5.76 Å². The molecule has 2 aromatic carbocycles. The first-order valence-corrected chi connectivity index (χ1v) is 12.2. The monoisotopic (exact) mass is 490 g/mol. The van der Waals surface area contributed by atoms with E-state index in [1.165, 1.54) is 17.3 Å². The third-order valence-corrected chi connectivity index (χ3v) is 6.58. The number of carbonyl (C=O) groups is 1. The average molecular weight is 491 g/mol. The number of ether oxygens (including phenoxy) is 2. The van der Waals surface area contributed by atoms with Crippen LogP contribution in [0.3, 0.4) is 0 Å². The van der Waals surface area contributed by atoms with Gasteiger partial charge in [0.25, 0.3) is 0 Å². The molecule has 1 aliphatic rings. The second-order valence-electron chi connectivity index (χ2n) is 9.20. The van der Waals surface area contributed by atoms with Crippen molar-refractivity contribution in [1.82, 2.24) is 14.8 Å². The van der Waals surface area contributed by atoms with Crippen molar-refractivity contribution in [2.75, 3.05) is 17.9 Å². The van der Waals surface area contributed by atoms with Crippen LogP contribution >= 0.6 is 11.8 Å². The highest BCUT2D eigenvalue weighted by Crippen LogP contribution is 2.34. The van der Waals surface area contributed by atoms with Gasteiger partial charge >= 0.3 is 0 Å². The molecule has 5 rings (SSSR count). The number of anilines is 1. The molecule has 0 aliphatic carbocycles. The Morgan fingerprint density at radius 1 is 1.06 bits per heavy atom. The van der Waals surface area contributed by atoms with Crippen LogP contribution < -0.4 is 14.8 Å². The second kappa shape index (κ2) is 9.50. The predicted octanol–water partition coefficient (Wildman–Crippen LogP) is 5.34. The summed E-state index contributed by atoms with van der Waals surface area (Å²) >= 11 is 1.32. The summed E-state index contributed by atoms with van der Waals surface area (Å²) in [5, 5.41) is 12.4. The van der Waals surface area contributed by atoms with E-state index in [1.54, 1.807) is 24.5 Å². The molecule has 0 atom stereocenters. The van der Waals surface area contributed by atoms with Crippen LogP contribution in [-0.2, 0) is 16.8 Å². The molecule has 4 aromatic rings. The van der Waals surface area contributed by atoms with Crippen molar-refractivity contribution in [2.24, 2.45) is 0 Å². The summed E-state index contributed by atoms with van der Waals surface area (Å²) in [6, 6.07) is 17.4. The molecule has 1 N–H and O–H groups in total. The Morgan fingerprint density at radius 2 is 1.86 bits per heavy atom. The van der Waals surface area contributed by atoms with Crippen molar-refractivity contribution >= 4 is 23.4 Å². The molecule has 0 saturated heterocycles. The van der Waals surface area contributed by atoms with Crippen molar-refractivity contribution in [1.29, 1.82) is 0 Å². The summed E-state index contributed by atoms with van der Waals surface area (Å²) in [5.41, 5.74) is 2.91. The van der Waals surface area contributed by atoms with E-state index in [0.717, 1.165) is 17.1 Å². The highest BCUT2D eigenvalue weighted by Gasteiger charge is 2.19. The van der Waals surface area contributed by atoms with Gasteiger partial charge in [-0.2, -0.15) is 0 Å². The maximum absolute atomic E-state index is 12.6. The quantitative estimate of drug-likeness (QED) is 0.350. The number of fused-ring (bicyclic) bond motifs is 1. The lowest BCUT2D eigenvalue weighted by Crippen LogP contribution is -2.14. The SMILES string of the molecule is CC(C)(C)c1ccc(-c2nnc(SCC(=O)Nc3ccc4c(c3)OCO4)n2Cc2ccco2)cc1. The van der Waals surface area contributed by atoms with Gasteiger partial charge < -0.3 is 19.2 Å². The lowest BCUT2D eigenvalue weighted by Gasteiger charge is -2.19. The largest absolute Gasteiger partial charge is 0.467 e. The van der Waals surface area contributed by atoms with Crippen LogP contribution in [0.2, 0.25) is 0 Å². The standard InChI is InChI=1S/C26H26N4O4S/c1-26(2,3)18-8-6-17(7-9-18)24-28-29-25(30(24)14-20-5-4-12-32-20)35-15-23(31)27-19-10-11-21-22(13-19)34-16-33-21/h4-13H,14-16H2,1-3H3,(H,27,31). The molecule has 0 unspecified atom stereocenters. The predicted molar refractivity (Wildman–Crippen MR) is 134 cm³/mol. The molecule has 1 aliphatic heterocycles. The molecule has 2 aromatic heterocycles. The molecule has 0 saturated carbocycles. The van der Waals surface area contributed by atoms with Gasteiger partial charge in [0, 0.05) is 17.3 Å². The molecule has 35 heavy (non-hydrogen) atoms. The fourth-order valence-electron chi connectivity index (χ4n) is 3.73. The Bertz CT molecular complexity index is 1320. The number of furan rings is 1. The number of aromatic nitrogens is 3. The summed E-state index contributed by atoms with van der Waals surface area (Å²) in [7, 11) is 0. The van der Waals surface area contributed by atoms with Crippen LogP contribution in [0.5, 0.6) is 11.5 Å². The van der Waals surface area contributed by atoms with Crippen molar-refractivity contribution in [2.45, 2.75) is 37.9 Å². The molecule has 180 valence electrons. The zero-order valence-corrected chi connectivity index (χ0v) is 20.6. The van der Waals surface area contributed by atoms with E-state index in [0.29, 0.717) is 28.9 Å². The van der Waals surface area contributed by atoms with E-state index in [9.17, 15) is 4.79 Å². The average Bonchev–Trinajstić information content (AvgIpc) is 3.59. The number of nitrogens with one attached hydrogen (secondary N) is 1. The molecule has 1 amide bonds. The van der Waals surface area contributed by atoms with E-state index >= 15 is 0 Å². The van der Waals surface area contributed by atoms with Crippen LogP contribution in [0.15, 0.2) is 70.4 Å². The van der Waals surface area contributed by atoms with E-state index in [-0.39, 0.29) is 23.9 Å². The van der Waals surface area contributed by atoms with E-state index in [1.807, 2.05) is 16.7 Å². The topological polar surface area (TPSA) is 91.4 Å². The maximum atomic E-state index is 12.6. The molecular weight excluding hydrogens is 464 g/mol. The third kappa shape index (κ3) is 5.19. The van der Waals surface area contributed by atoms with Gasteiger partial charge in [-0.1, -0.05) is 56.8 Å². The van der Waals surface area contributed by atoms with Crippen molar-refractivity contribution in [3.05, 3.63) is 72.2 Å². The number of benzene rings is 2. The Kier molecular flexibility index (Phi) is 6.25. The van der Waals surface area contributed by atoms with Crippen LogP contribution in [0.4, 0.5) is 5.69 Å². The van der Waals surface area contributed by atoms with E-state index < -0.39 is 0 Å². The minimum absolute atomic E-state index is 0.0622. The first-order valence-electron chi connectivity index (χ1n) is 11.3. The number of hydrogen-bond donors (Lipinski definition) is 1. The highest BCUT2D eigenvalue weighted by molar-refractivity contribution is 7.99. The number of nitrogens with zero attached hydrogens (tertiary/aromatic N) is 3. The molecule has 9 heteroatoms. The zero-order valence-electron chi connectivity index (χ0n) is 19.8. The first-order chi connectivity index (χ1) is 16.9. The molecule has 0 spiro atoms. The van der Waals surface area contributed by atoms with Crippen molar-refractivity contribution in [3.8, 4) is 22.9 Å². The Hall–Kier alpha value is -3.72. The Morgan fingerprint density at radius 3 is 2.60 bits per heavy atom. The van der Waals surface area contributed by atoms with Crippen LogP contribution in [0.1, 0.15) is 32.1 Å².